The van der Waals surface area contributed by atoms with E-state index in [9.17, 15) is 0 Å². The van der Waals surface area contributed by atoms with Crippen molar-refractivity contribution in [1.82, 2.24) is 0 Å². The van der Waals surface area contributed by atoms with E-state index in [-0.39, 0.29) is 26.2 Å². The van der Waals surface area contributed by atoms with Gasteiger partial charge in [-0.1, -0.05) is 19.1 Å². The minimum absolute atomic E-state index is 0. The van der Waals surface area contributed by atoms with Gasteiger partial charge in [0.2, 0.25) is 0 Å². The average Bonchev–Trinajstić information content (AvgIpc) is 2.37. The molecule has 0 saturated carbocycles. The van der Waals surface area contributed by atoms with Crippen LogP contribution in [0.5, 0.6) is 0 Å². The molecule has 66 valence electrons. The Bertz CT molecular complexity index is 192. The van der Waals surface area contributed by atoms with Crippen LogP contribution in [0.2, 0.25) is 0 Å². The Morgan fingerprint density at radius 1 is 1.42 bits per heavy atom. The van der Waals surface area contributed by atoms with Crippen LogP contribution in [0.25, 0.3) is 0 Å². The summed E-state index contributed by atoms with van der Waals surface area (Å²) in [7, 11) is 4.56. The number of hydrogen-bond donors (Lipinski definition) is 0. The molecule has 0 aromatic carbocycles. The maximum absolute atomic E-state index is 2.28. The van der Waals surface area contributed by atoms with Crippen molar-refractivity contribution in [3.05, 3.63) is 23.9 Å². The molecular formula is C10H18NZr+. The first-order valence-electron chi connectivity index (χ1n) is 4.36. The van der Waals surface area contributed by atoms with Crippen LogP contribution < -0.4 is 0 Å². The maximum atomic E-state index is 2.28. The summed E-state index contributed by atoms with van der Waals surface area (Å²) in [6.45, 7) is 3.48. The van der Waals surface area contributed by atoms with E-state index < -0.39 is 0 Å². The van der Waals surface area contributed by atoms with E-state index in [2.05, 4.69) is 39.2 Å². The summed E-state index contributed by atoms with van der Waals surface area (Å²) >= 11 is 0. The summed E-state index contributed by atoms with van der Waals surface area (Å²) < 4.78 is 1.06. The van der Waals surface area contributed by atoms with Gasteiger partial charge in [0.15, 0.2) is 0 Å². The van der Waals surface area contributed by atoms with Crippen molar-refractivity contribution in [2.45, 2.75) is 19.8 Å². The molecule has 2 heteroatoms. The molecule has 0 heterocycles. The van der Waals surface area contributed by atoms with Crippen LogP contribution in [0.1, 0.15) is 19.8 Å². The van der Waals surface area contributed by atoms with Gasteiger partial charge in [0.25, 0.3) is 0 Å². The molecule has 1 rings (SSSR count). The summed E-state index contributed by atoms with van der Waals surface area (Å²) in [6.07, 6.45) is 9.03. The van der Waals surface area contributed by atoms with Gasteiger partial charge in [0.1, 0.15) is 5.70 Å². The van der Waals surface area contributed by atoms with E-state index in [4.69, 9.17) is 0 Å². The largest absolute Gasteiger partial charge is 0.299 e. The minimum atomic E-state index is 0. The van der Waals surface area contributed by atoms with Gasteiger partial charge in [-0.2, -0.15) is 0 Å². The van der Waals surface area contributed by atoms with Gasteiger partial charge in [0.05, 0.1) is 20.6 Å². The molecule has 0 aliphatic heterocycles. The van der Waals surface area contributed by atoms with Crippen LogP contribution >= 0.6 is 0 Å². The summed E-state index contributed by atoms with van der Waals surface area (Å²) in [6, 6.07) is 0. The molecule has 0 radical (unpaired) electrons. The SMILES string of the molecule is CCC[N+](C)(C)C1=CC=CC1.[Zr]. The van der Waals surface area contributed by atoms with E-state index >= 15 is 0 Å². The van der Waals surface area contributed by atoms with Crippen LogP contribution in [-0.4, -0.2) is 25.1 Å². The first kappa shape index (κ1) is 12.3. The Morgan fingerprint density at radius 2 is 2.08 bits per heavy atom. The van der Waals surface area contributed by atoms with Crippen LogP contribution in [-0.2, 0) is 26.2 Å². The van der Waals surface area contributed by atoms with Crippen LogP contribution in [0.15, 0.2) is 23.9 Å². The molecular weight excluding hydrogens is 225 g/mol. The molecule has 1 aliphatic rings. The van der Waals surface area contributed by atoms with Crippen molar-refractivity contribution in [3.63, 3.8) is 0 Å². The quantitative estimate of drug-likeness (QED) is 0.667. The second-order valence-corrected chi connectivity index (χ2v) is 3.70. The monoisotopic (exact) mass is 242 g/mol. The van der Waals surface area contributed by atoms with Gasteiger partial charge >= 0.3 is 0 Å². The third-order valence-electron chi connectivity index (χ3n) is 2.31. The molecule has 0 aromatic rings. The average molecular weight is 243 g/mol. The maximum Gasteiger partial charge on any atom is 0.112 e. The summed E-state index contributed by atoms with van der Waals surface area (Å²) in [5.74, 6) is 0. The number of quaternary nitrogens is 1. The number of rotatable bonds is 3. The van der Waals surface area contributed by atoms with Crippen molar-refractivity contribution >= 4 is 0 Å². The molecule has 1 nitrogen and oxygen atoms in total. The molecule has 0 saturated heterocycles. The molecule has 0 spiro atoms. The molecule has 0 amide bonds. The first-order chi connectivity index (χ1) is 5.17. The number of allylic oxidation sites excluding steroid dienone is 3. The Morgan fingerprint density at radius 3 is 2.50 bits per heavy atom. The zero-order chi connectivity index (χ0) is 8.32. The third kappa shape index (κ3) is 2.99. The second kappa shape index (κ2) is 5.14. The van der Waals surface area contributed by atoms with Crippen molar-refractivity contribution in [1.29, 1.82) is 0 Å². The Hall–Kier alpha value is 0.323. The predicted molar refractivity (Wildman–Crippen MR) is 49.1 cm³/mol. The van der Waals surface area contributed by atoms with E-state index in [0.29, 0.717) is 0 Å². The van der Waals surface area contributed by atoms with Gasteiger partial charge in [-0.05, 0) is 12.5 Å². The summed E-state index contributed by atoms with van der Waals surface area (Å²) in [5.41, 5.74) is 1.53. The Labute approximate surface area is 94.9 Å². The van der Waals surface area contributed by atoms with E-state index in [1.54, 1.807) is 0 Å². The fraction of sp³-hybridized carbons (Fsp3) is 0.600. The van der Waals surface area contributed by atoms with E-state index in [0.717, 1.165) is 10.9 Å². The molecule has 12 heavy (non-hydrogen) atoms. The van der Waals surface area contributed by atoms with Gasteiger partial charge in [0, 0.05) is 32.6 Å². The molecule has 0 aromatic heterocycles. The van der Waals surface area contributed by atoms with Crippen LogP contribution in [0.3, 0.4) is 0 Å². The van der Waals surface area contributed by atoms with Crippen molar-refractivity contribution in [2.75, 3.05) is 20.6 Å². The summed E-state index contributed by atoms with van der Waals surface area (Å²) in [5, 5.41) is 0. The van der Waals surface area contributed by atoms with Crippen molar-refractivity contribution < 1.29 is 30.7 Å². The third-order valence-corrected chi connectivity index (χ3v) is 2.31. The standard InChI is InChI=1S/C10H18N.Zr/c1-4-9-11(2,3)10-7-5-6-8-10;/h5-7H,4,8-9H2,1-3H3;/q+1;. The zero-order valence-corrected chi connectivity index (χ0v) is 10.8. The van der Waals surface area contributed by atoms with Gasteiger partial charge in [-0.25, -0.2) is 0 Å². The van der Waals surface area contributed by atoms with Gasteiger partial charge in [-0.15, -0.1) is 0 Å². The Balaban J connectivity index is 0.00000121. The fourth-order valence-corrected chi connectivity index (χ4v) is 1.59. The normalized spacial score (nSPS) is 15.8. The van der Waals surface area contributed by atoms with Crippen LogP contribution in [0, 0.1) is 0 Å². The predicted octanol–water partition coefficient (Wildman–Crippen LogP) is 2.31. The summed E-state index contributed by atoms with van der Waals surface area (Å²) in [4.78, 5) is 0. The van der Waals surface area contributed by atoms with E-state index in [1.807, 2.05) is 0 Å². The molecule has 1 aliphatic carbocycles. The number of hydrogen-bond acceptors (Lipinski definition) is 0. The van der Waals surface area contributed by atoms with Gasteiger partial charge < -0.3 is 0 Å². The number of nitrogens with zero attached hydrogens (tertiary/aromatic N) is 1. The smallest absolute Gasteiger partial charge is 0.112 e. The van der Waals surface area contributed by atoms with Crippen molar-refractivity contribution in [3.8, 4) is 0 Å². The fourth-order valence-electron chi connectivity index (χ4n) is 1.59. The zero-order valence-electron chi connectivity index (χ0n) is 8.30. The molecule has 0 unspecified atom stereocenters. The first-order valence-corrected chi connectivity index (χ1v) is 4.36. The molecule has 0 N–H and O–H groups in total. The van der Waals surface area contributed by atoms with Gasteiger partial charge in [-0.3, -0.25) is 4.48 Å². The van der Waals surface area contributed by atoms with Crippen molar-refractivity contribution in [2.24, 2.45) is 0 Å². The van der Waals surface area contributed by atoms with E-state index in [1.165, 1.54) is 18.7 Å². The molecule has 0 atom stereocenters. The minimum Gasteiger partial charge on any atom is -0.299 e. The molecule has 0 bridgehead atoms. The Kier molecular flexibility index (Phi) is 5.28. The molecule has 0 fully saturated rings. The topological polar surface area (TPSA) is 0 Å². The van der Waals surface area contributed by atoms with Crippen LogP contribution in [0.4, 0.5) is 0 Å². The second-order valence-electron chi connectivity index (χ2n) is 3.70.